The molecule has 1 heterocycles. The third-order valence-electron chi connectivity index (χ3n) is 4.20. The molecule has 102 valence electrons. The molecule has 0 spiro atoms. The first-order chi connectivity index (χ1) is 8.49. The summed E-state index contributed by atoms with van der Waals surface area (Å²) < 4.78 is 0. The van der Waals surface area contributed by atoms with Gasteiger partial charge in [-0.2, -0.15) is 0 Å². The molecule has 2 atom stereocenters. The van der Waals surface area contributed by atoms with E-state index < -0.39 is 5.97 Å². The normalized spacial score (nSPS) is 27.8. The first-order valence-electron chi connectivity index (χ1n) is 6.99. The molecule has 1 aliphatic heterocycles. The Morgan fingerprint density at radius 3 is 2.44 bits per heavy atom. The minimum absolute atomic E-state index is 0.137. The molecule has 1 saturated heterocycles. The second kappa shape index (κ2) is 5.29. The molecule has 0 bridgehead atoms. The van der Waals surface area contributed by atoms with Gasteiger partial charge in [0.1, 0.15) is 0 Å². The van der Waals surface area contributed by atoms with Gasteiger partial charge in [0.25, 0.3) is 0 Å². The van der Waals surface area contributed by atoms with Crippen LogP contribution in [0, 0.1) is 23.7 Å². The van der Waals surface area contributed by atoms with Gasteiger partial charge in [-0.25, -0.2) is 0 Å². The van der Waals surface area contributed by atoms with E-state index in [1.807, 2.05) is 0 Å². The molecule has 2 rings (SSSR count). The predicted molar refractivity (Wildman–Crippen MR) is 68.0 cm³/mol. The number of carbonyl (C=O) groups is 2. The van der Waals surface area contributed by atoms with Crippen LogP contribution in [0.15, 0.2) is 0 Å². The molecule has 0 aromatic rings. The van der Waals surface area contributed by atoms with Crippen molar-refractivity contribution in [3.63, 3.8) is 0 Å². The van der Waals surface area contributed by atoms with E-state index in [1.54, 1.807) is 4.90 Å². The van der Waals surface area contributed by atoms with E-state index in [0.29, 0.717) is 31.3 Å². The summed E-state index contributed by atoms with van der Waals surface area (Å²) in [5.74, 6) is 0.343. The molecule has 2 fully saturated rings. The number of carboxylic acid groups (broad SMARTS) is 1. The standard InChI is InChI=1S/C14H23NO3/c1-9(2)3-6-13(16)15-7-11(10-4-5-10)12(8-15)14(17)18/h9-12H,3-8H2,1-2H3,(H,17,18)/t11-,12+/m1/s1. The molecule has 0 radical (unpaired) electrons. The summed E-state index contributed by atoms with van der Waals surface area (Å²) in [7, 11) is 0. The fourth-order valence-electron chi connectivity index (χ4n) is 2.87. The highest BCUT2D eigenvalue weighted by Crippen LogP contribution is 2.44. The lowest BCUT2D eigenvalue weighted by atomic mass is 9.92. The van der Waals surface area contributed by atoms with Gasteiger partial charge in [0.15, 0.2) is 0 Å². The molecular formula is C14H23NO3. The Bertz CT molecular complexity index is 336. The highest BCUT2D eigenvalue weighted by molar-refractivity contribution is 5.79. The number of hydrogen-bond acceptors (Lipinski definition) is 2. The maximum absolute atomic E-state index is 12.0. The Morgan fingerprint density at radius 1 is 1.28 bits per heavy atom. The summed E-state index contributed by atoms with van der Waals surface area (Å²) in [4.78, 5) is 25.1. The minimum Gasteiger partial charge on any atom is -0.481 e. The number of likely N-dealkylation sites (tertiary alicyclic amines) is 1. The van der Waals surface area contributed by atoms with E-state index in [4.69, 9.17) is 0 Å². The molecule has 1 amide bonds. The third kappa shape index (κ3) is 3.03. The van der Waals surface area contributed by atoms with Crippen LogP contribution in [0.25, 0.3) is 0 Å². The second-order valence-corrected chi connectivity index (χ2v) is 6.18. The molecule has 1 N–H and O–H groups in total. The van der Waals surface area contributed by atoms with Gasteiger partial charge in [-0.15, -0.1) is 0 Å². The van der Waals surface area contributed by atoms with Crippen LogP contribution < -0.4 is 0 Å². The number of aliphatic carboxylic acids is 1. The summed E-state index contributed by atoms with van der Waals surface area (Å²) in [6.45, 7) is 5.29. The van der Waals surface area contributed by atoms with E-state index in [-0.39, 0.29) is 17.7 Å². The van der Waals surface area contributed by atoms with Crippen LogP contribution in [0.2, 0.25) is 0 Å². The molecule has 0 aromatic heterocycles. The smallest absolute Gasteiger partial charge is 0.308 e. The summed E-state index contributed by atoms with van der Waals surface area (Å²) in [5.41, 5.74) is 0. The third-order valence-corrected chi connectivity index (χ3v) is 4.20. The Kier molecular flexibility index (Phi) is 3.93. The zero-order valence-electron chi connectivity index (χ0n) is 11.3. The molecule has 1 aliphatic carbocycles. The van der Waals surface area contributed by atoms with Crippen LogP contribution >= 0.6 is 0 Å². The van der Waals surface area contributed by atoms with Crippen LogP contribution in [0.4, 0.5) is 0 Å². The van der Waals surface area contributed by atoms with Crippen molar-refractivity contribution >= 4 is 11.9 Å². The lowest BCUT2D eigenvalue weighted by Gasteiger charge is -2.16. The molecule has 4 nitrogen and oxygen atoms in total. The second-order valence-electron chi connectivity index (χ2n) is 6.18. The number of carbonyl (C=O) groups excluding carboxylic acids is 1. The lowest BCUT2D eigenvalue weighted by Crippen LogP contribution is -2.29. The Morgan fingerprint density at radius 2 is 1.94 bits per heavy atom. The first kappa shape index (κ1) is 13.4. The highest BCUT2D eigenvalue weighted by atomic mass is 16.4. The average Bonchev–Trinajstić information content (AvgIpc) is 3.04. The van der Waals surface area contributed by atoms with Gasteiger partial charge in [-0.1, -0.05) is 13.8 Å². The van der Waals surface area contributed by atoms with Crippen molar-refractivity contribution in [1.82, 2.24) is 4.90 Å². The predicted octanol–water partition coefficient (Wildman–Crippen LogP) is 1.99. The number of hydrogen-bond donors (Lipinski definition) is 1. The largest absolute Gasteiger partial charge is 0.481 e. The topological polar surface area (TPSA) is 57.6 Å². The SMILES string of the molecule is CC(C)CCC(=O)N1C[C@H](C(=O)O)[C@@H](C2CC2)C1. The van der Waals surface area contributed by atoms with Gasteiger partial charge < -0.3 is 10.0 Å². The van der Waals surface area contributed by atoms with E-state index in [0.717, 1.165) is 19.3 Å². The van der Waals surface area contributed by atoms with Gasteiger partial charge in [0.2, 0.25) is 5.91 Å². The average molecular weight is 253 g/mol. The molecular weight excluding hydrogens is 230 g/mol. The highest BCUT2D eigenvalue weighted by Gasteiger charge is 2.46. The molecule has 4 heteroatoms. The van der Waals surface area contributed by atoms with E-state index in [2.05, 4.69) is 13.8 Å². The van der Waals surface area contributed by atoms with Gasteiger partial charge >= 0.3 is 5.97 Å². The number of nitrogens with zero attached hydrogens (tertiary/aromatic N) is 1. The number of amides is 1. The van der Waals surface area contributed by atoms with Crippen molar-refractivity contribution < 1.29 is 14.7 Å². The molecule has 18 heavy (non-hydrogen) atoms. The van der Waals surface area contributed by atoms with Gasteiger partial charge in [-0.3, -0.25) is 9.59 Å². The van der Waals surface area contributed by atoms with Crippen LogP contribution in [0.1, 0.15) is 39.5 Å². The van der Waals surface area contributed by atoms with Crippen molar-refractivity contribution in [2.75, 3.05) is 13.1 Å². The van der Waals surface area contributed by atoms with Crippen molar-refractivity contribution in [3.05, 3.63) is 0 Å². The monoisotopic (exact) mass is 253 g/mol. The van der Waals surface area contributed by atoms with E-state index in [9.17, 15) is 14.7 Å². The van der Waals surface area contributed by atoms with Crippen LogP contribution in [-0.2, 0) is 9.59 Å². The fraction of sp³-hybridized carbons (Fsp3) is 0.857. The summed E-state index contributed by atoms with van der Waals surface area (Å²) in [6.07, 6.45) is 3.73. The maximum atomic E-state index is 12.0. The van der Waals surface area contributed by atoms with Crippen molar-refractivity contribution in [2.45, 2.75) is 39.5 Å². The Labute approximate surface area is 108 Å². The van der Waals surface area contributed by atoms with Crippen LogP contribution in [-0.4, -0.2) is 35.0 Å². The minimum atomic E-state index is -0.731. The van der Waals surface area contributed by atoms with Gasteiger partial charge in [0, 0.05) is 19.5 Å². The summed E-state index contributed by atoms with van der Waals surface area (Å²) >= 11 is 0. The molecule has 1 saturated carbocycles. The van der Waals surface area contributed by atoms with E-state index in [1.165, 1.54) is 0 Å². The number of carboxylic acids is 1. The van der Waals surface area contributed by atoms with E-state index >= 15 is 0 Å². The molecule has 0 aromatic carbocycles. The molecule has 2 aliphatic rings. The summed E-state index contributed by atoms with van der Waals surface area (Å²) in [5, 5.41) is 9.24. The first-order valence-corrected chi connectivity index (χ1v) is 6.99. The zero-order valence-corrected chi connectivity index (χ0v) is 11.3. The van der Waals surface area contributed by atoms with Crippen LogP contribution in [0.5, 0.6) is 0 Å². The van der Waals surface area contributed by atoms with Crippen molar-refractivity contribution in [2.24, 2.45) is 23.7 Å². The lowest BCUT2D eigenvalue weighted by molar-refractivity contribution is -0.142. The quantitative estimate of drug-likeness (QED) is 0.815. The maximum Gasteiger partial charge on any atom is 0.308 e. The van der Waals surface area contributed by atoms with Crippen molar-refractivity contribution in [1.29, 1.82) is 0 Å². The van der Waals surface area contributed by atoms with Crippen LogP contribution in [0.3, 0.4) is 0 Å². The Hall–Kier alpha value is -1.06. The zero-order chi connectivity index (χ0) is 13.3. The van der Waals surface area contributed by atoms with Gasteiger partial charge in [-0.05, 0) is 37.0 Å². The van der Waals surface area contributed by atoms with Gasteiger partial charge in [0.05, 0.1) is 5.92 Å². The summed E-state index contributed by atoms with van der Waals surface area (Å²) in [6, 6.07) is 0. The molecule has 0 unspecified atom stereocenters. The van der Waals surface area contributed by atoms with Crippen molar-refractivity contribution in [3.8, 4) is 0 Å². The Balaban J connectivity index is 1.91. The fourth-order valence-corrected chi connectivity index (χ4v) is 2.87. The number of rotatable bonds is 5.